The van der Waals surface area contributed by atoms with Gasteiger partial charge in [0.2, 0.25) is 0 Å². The molecular formula is C16H16ClNO2S. The van der Waals surface area contributed by atoms with Gasteiger partial charge in [-0.15, -0.1) is 0 Å². The van der Waals surface area contributed by atoms with Crippen molar-refractivity contribution in [3.8, 4) is 0 Å². The van der Waals surface area contributed by atoms with Crippen molar-refractivity contribution in [1.82, 2.24) is 0 Å². The first-order chi connectivity index (χ1) is 10.1. The summed E-state index contributed by atoms with van der Waals surface area (Å²) in [6.45, 7) is 0.355. The van der Waals surface area contributed by atoms with Gasteiger partial charge in [-0.3, -0.25) is 0 Å². The molecule has 1 fully saturated rings. The zero-order valence-corrected chi connectivity index (χ0v) is 12.9. The van der Waals surface area contributed by atoms with Crippen LogP contribution in [0.5, 0.6) is 0 Å². The number of rotatable bonds is 4. The normalized spacial score (nSPS) is 24.8. The van der Waals surface area contributed by atoms with Gasteiger partial charge in [0.05, 0.1) is 10.1 Å². The minimum Gasteiger partial charge on any atom is -0.330 e. The Labute approximate surface area is 129 Å². The van der Waals surface area contributed by atoms with Gasteiger partial charge in [0.25, 0.3) is 0 Å². The molecule has 3 rings (SSSR count). The Morgan fingerprint density at radius 1 is 1.05 bits per heavy atom. The number of nitrogens with two attached hydrogens (primary N) is 1. The lowest BCUT2D eigenvalue weighted by Gasteiger charge is -2.04. The van der Waals surface area contributed by atoms with Crippen molar-refractivity contribution in [2.75, 3.05) is 6.54 Å². The van der Waals surface area contributed by atoms with Crippen molar-refractivity contribution >= 4 is 21.4 Å². The van der Waals surface area contributed by atoms with Crippen molar-refractivity contribution < 1.29 is 8.42 Å². The van der Waals surface area contributed by atoms with Gasteiger partial charge in [-0.05, 0) is 42.3 Å². The summed E-state index contributed by atoms with van der Waals surface area (Å²) >= 11 is 6.01. The van der Waals surface area contributed by atoms with Gasteiger partial charge in [0, 0.05) is 10.9 Å². The lowest BCUT2D eigenvalue weighted by Crippen LogP contribution is -2.13. The molecule has 110 valence electrons. The van der Waals surface area contributed by atoms with Gasteiger partial charge in [0.1, 0.15) is 0 Å². The number of benzene rings is 2. The van der Waals surface area contributed by atoms with E-state index in [-0.39, 0.29) is 11.8 Å². The van der Waals surface area contributed by atoms with E-state index in [2.05, 4.69) is 0 Å². The molecule has 2 aromatic rings. The highest BCUT2D eigenvalue weighted by Crippen LogP contribution is 2.53. The van der Waals surface area contributed by atoms with E-state index in [1.54, 1.807) is 36.4 Å². The number of halogens is 1. The van der Waals surface area contributed by atoms with Gasteiger partial charge in [0.15, 0.2) is 9.84 Å². The summed E-state index contributed by atoms with van der Waals surface area (Å²) in [4.78, 5) is 0.359. The van der Waals surface area contributed by atoms with E-state index in [4.69, 9.17) is 17.3 Å². The highest BCUT2D eigenvalue weighted by molar-refractivity contribution is 7.92. The maximum atomic E-state index is 12.7. The molecule has 0 bridgehead atoms. The predicted octanol–water partition coefficient (Wildman–Crippen LogP) is 2.85. The molecule has 0 spiro atoms. The Hall–Kier alpha value is -1.36. The van der Waals surface area contributed by atoms with E-state index < -0.39 is 15.1 Å². The monoisotopic (exact) mass is 321 g/mol. The average molecular weight is 322 g/mol. The second kappa shape index (κ2) is 5.44. The summed E-state index contributed by atoms with van der Waals surface area (Å²) in [5.74, 6) is -0.118. The minimum absolute atomic E-state index is 0.0475. The summed E-state index contributed by atoms with van der Waals surface area (Å²) in [5, 5.41) is 0.161. The number of hydrogen-bond acceptors (Lipinski definition) is 3. The Morgan fingerprint density at radius 2 is 1.76 bits per heavy atom. The predicted molar refractivity (Wildman–Crippen MR) is 84.2 cm³/mol. The van der Waals surface area contributed by atoms with E-state index in [1.807, 2.05) is 18.2 Å². The fraction of sp³-hybridized carbons (Fsp3) is 0.250. The van der Waals surface area contributed by atoms with Crippen LogP contribution in [0.4, 0.5) is 0 Å². The third kappa shape index (κ3) is 2.59. The van der Waals surface area contributed by atoms with Crippen molar-refractivity contribution in [3.63, 3.8) is 0 Å². The summed E-state index contributed by atoms with van der Waals surface area (Å²) < 4.78 is 25.5. The van der Waals surface area contributed by atoms with Gasteiger partial charge in [-0.2, -0.15) is 0 Å². The van der Waals surface area contributed by atoms with Crippen molar-refractivity contribution in [3.05, 3.63) is 65.2 Å². The summed E-state index contributed by atoms with van der Waals surface area (Å²) in [6.07, 6.45) is 0. The zero-order valence-electron chi connectivity index (χ0n) is 11.3. The maximum Gasteiger partial charge on any atom is 0.182 e. The molecule has 3 atom stereocenters. The Bertz CT molecular complexity index is 746. The summed E-state index contributed by atoms with van der Waals surface area (Å²) in [7, 11) is -3.36. The molecule has 0 saturated heterocycles. The number of sulfone groups is 1. The lowest BCUT2D eigenvalue weighted by atomic mass is 10.1. The molecule has 0 aromatic heterocycles. The molecule has 0 heterocycles. The third-order valence-electron chi connectivity index (χ3n) is 4.03. The quantitative estimate of drug-likeness (QED) is 0.942. The molecule has 0 unspecified atom stereocenters. The van der Waals surface area contributed by atoms with Crippen LogP contribution in [0.15, 0.2) is 59.5 Å². The molecule has 0 amide bonds. The number of hydrogen-bond donors (Lipinski definition) is 1. The lowest BCUT2D eigenvalue weighted by molar-refractivity contribution is 0.591. The van der Waals surface area contributed by atoms with Crippen LogP contribution >= 0.6 is 11.6 Å². The van der Waals surface area contributed by atoms with Gasteiger partial charge >= 0.3 is 0 Å². The van der Waals surface area contributed by atoms with E-state index in [0.717, 1.165) is 5.56 Å². The fourth-order valence-electron chi connectivity index (χ4n) is 2.96. The van der Waals surface area contributed by atoms with Crippen molar-refractivity contribution in [2.24, 2.45) is 11.7 Å². The molecule has 1 saturated carbocycles. The maximum absolute atomic E-state index is 12.7. The third-order valence-corrected chi connectivity index (χ3v) is 6.56. The Kier molecular flexibility index (Phi) is 3.78. The van der Waals surface area contributed by atoms with Gasteiger partial charge in [-0.25, -0.2) is 8.42 Å². The van der Waals surface area contributed by atoms with Crippen LogP contribution in [-0.4, -0.2) is 20.2 Å². The summed E-state index contributed by atoms with van der Waals surface area (Å²) in [6, 6.07) is 15.9. The van der Waals surface area contributed by atoms with E-state index in [1.165, 1.54) is 0 Å². The highest BCUT2D eigenvalue weighted by atomic mass is 35.5. The average Bonchev–Trinajstić information content (AvgIpc) is 3.23. The van der Waals surface area contributed by atoms with E-state index in [9.17, 15) is 8.42 Å². The SMILES string of the molecule is NC[C@@H]1[C@H](c2cccc(Cl)c2)[C@@H]1S(=O)(=O)c1ccccc1. The van der Waals surface area contributed by atoms with E-state index in [0.29, 0.717) is 16.5 Å². The molecule has 1 aliphatic carbocycles. The minimum atomic E-state index is -3.36. The van der Waals surface area contributed by atoms with Gasteiger partial charge < -0.3 is 5.73 Å². The second-order valence-electron chi connectivity index (χ2n) is 5.30. The Balaban J connectivity index is 1.96. The molecule has 1 aliphatic rings. The smallest absolute Gasteiger partial charge is 0.182 e. The van der Waals surface area contributed by atoms with Crippen LogP contribution in [0.2, 0.25) is 5.02 Å². The first-order valence-electron chi connectivity index (χ1n) is 6.80. The topological polar surface area (TPSA) is 60.2 Å². The van der Waals surface area contributed by atoms with Crippen molar-refractivity contribution in [1.29, 1.82) is 0 Å². The summed E-state index contributed by atoms with van der Waals surface area (Å²) in [5.41, 5.74) is 6.71. The van der Waals surface area contributed by atoms with Crippen molar-refractivity contribution in [2.45, 2.75) is 16.1 Å². The zero-order chi connectivity index (χ0) is 15.0. The van der Waals surface area contributed by atoms with Crippen LogP contribution in [0.1, 0.15) is 11.5 Å². The molecule has 2 aromatic carbocycles. The molecule has 5 heteroatoms. The first-order valence-corrected chi connectivity index (χ1v) is 8.72. The van der Waals surface area contributed by atoms with Crippen LogP contribution in [0.3, 0.4) is 0 Å². The molecular weight excluding hydrogens is 306 g/mol. The first kappa shape index (κ1) is 14.6. The molecule has 0 radical (unpaired) electrons. The standard InChI is InChI=1S/C16H16ClNO2S/c17-12-6-4-5-11(9-12)15-14(10-18)16(15)21(19,20)13-7-2-1-3-8-13/h1-9,14-16H,10,18H2/t14-,15+,16-/m1/s1. The van der Waals surface area contributed by atoms with E-state index >= 15 is 0 Å². The molecule has 2 N–H and O–H groups in total. The fourth-order valence-corrected chi connectivity index (χ4v) is 5.41. The molecule has 0 aliphatic heterocycles. The second-order valence-corrected chi connectivity index (χ2v) is 7.85. The van der Waals surface area contributed by atoms with Gasteiger partial charge in [-0.1, -0.05) is 41.9 Å². The highest BCUT2D eigenvalue weighted by Gasteiger charge is 2.57. The van der Waals surface area contributed by atoms with Crippen LogP contribution in [0, 0.1) is 5.92 Å². The molecule has 3 nitrogen and oxygen atoms in total. The van der Waals surface area contributed by atoms with Crippen LogP contribution in [0.25, 0.3) is 0 Å². The largest absolute Gasteiger partial charge is 0.330 e. The van der Waals surface area contributed by atoms with Crippen LogP contribution in [-0.2, 0) is 9.84 Å². The Morgan fingerprint density at radius 3 is 2.38 bits per heavy atom. The van der Waals surface area contributed by atoms with Crippen LogP contribution < -0.4 is 5.73 Å². The molecule has 21 heavy (non-hydrogen) atoms.